The van der Waals surface area contributed by atoms with Crippen molar-refractivity contribution in [1.82, 2.24) is 36.6 Å². The Morgan fingerprint density at radius 2 is 1.19 bits per heavy atom. The van der Waals surface area contributed by atoms with Crippen molar-refractivity contribution in [2.45, 2.75) is 76.3 Å². The number of hydrogen-bond donors (Lipinski definition) is 11. The standard InChI is InChI=1S/C37H48N8O8S/c1-19(2)12-28(44-37(53)32(20(3)46)45-33(49)25(38)18-54)35(51)43-30(14-22-16-40-27-11-7-5-9-24(22)27)36(52)42-29(34(50)41-17-31(47)48)13-21-15-39-26-10-6-4-8-23(21)26/h4-11,15-16,19-20,25,28-30,32,39-40,46,54H,12-14,17-18,38H2,1-3H3,(H,41,50)(H,42,52)(H,43,51)(H,44,53)(H,45,49)(H,47,48)/t20-,25+,28+,29+,30+,32+/m1/s1. The Labute approximate surface area is 317 Å². The molecule has 0 saturated carbocycles. The minimum Gasteiger partial charge on any atom is -0.480 e. The monoisotopic (exact) mass is 764 g/mol. The van der Waals surface area contributed by atoms with Gasteiger partial charge in [0.25, 0.3) is 0 Å². The minimum atomic E-state index is -1.45. The molecule has 5 amide bonds. The molecular formula is C37H48N8O8S. The number of nitrogens with two attached hydrogens (primary N) is 1. The second-order valence-electron chi connectivity index (χ2n) is 13.6. The Bertz CT molecular complexity index is 1960. The molecule has 0 saturated heterocycles. The van der Waals surface area contributed by atoms with Crippen molar-refractivity contribution in [2.24, 2.45) is 11.7 Å². The number of aromatic nitrogens is 2. The fourth-order valence-corrected chi connectivity index (χ4v) is 6.17. The van der Waals surface area contributed by atoms with Crippen molar-refractivity contribution in [3.8, 4) is 0 Å². The van der Waals surface area contributed by atoms with E-state index in [1.54, 1.807) is 12.4 Å². The molecule has 16 nitrogen and oxygen atoms in total. The highest BCUT2D eigenvalue weighted by atomic mass is 32.1. The van der Waals surface area contributed by atoms with Crippen molar-refractivity contribution in [3.05, 3.63) is 72.1 Å². The summed E-state index contributed by atoms with van der Waals surface area (Å²) in [5.74, 6) is -5.21. The summed E-state index contributed by atoms with van der Waals surface area (Å²) in [6.07, 6.45) is 2.13. The van der Waals surface area contributed by atoms with E-state index in [0.29, 0.717) is 11.1 Å². The number of rotatable bonds is 19. The van der Waals surface area contributed by atoms with Gasteiger partial charge in [-0.05, 0) is 42.5 Å². The van der Waals surface area contributed by atoms with Gasteiger partial charge >= 0.3 is 5.97 Å². The fraction of sp³-hybridized carbons (Fsp3) is 0.405. The first-order chi connectivity index (χ1) is 25.7. The van der Waals surface area contributed by atoms with Gasteiger partial charge in [0.15, 0.2) is 0 Å². The Morgan fingerprint density at radius 1 is 0.704 bits per heavy atom. The van der Waals surface area contributed by atoms with Crippen LogP contribution in [0.15, 0.2) is 60.9 Å². The first-order valence-electron chi connectivity index (χ1n) is 17.5. The van der Waals surface area contributed by atoms with E-state index < -0.39 is 78.4 Å². The molecule has 0 aliphatic heterocycles. The van der Waals surface area contributed by atoms with Crippen LogP contribution in [0.3, 0.4) is 0 Å². The van der Waals surface area contributed by atoms with E-state index in [-0.39, 0.29) is 30.9 Å². The number of nitrogens with one attached hydrogen (secondary N) is 7. The number of aliphatic hydroxyl groups excluding tert-OH is 1. The molecule has 0 fully saturated rings. The van der Waals surface area contributed by atoms with Crippen LogP contribution in [0, 0.1) is 5.92 Å². The zero-order chi connectivity index (χ0) is 39.5. The molecular weight excluding hydrogens is 717 g/mol. The molecule has 11 N–H and O–H groups in total. The Kier molecular flexibility index (Phi) is 14.6. The Hall–Kier alpha value is -5.39. The number of carboxylic acid groups (broad SMARTS) is 1. The molecule has 2 aromatic heterocycles. The van der Waals surface area contributed by atoms with Gasteiger partial charge in [-0.25, -0.2) is 0 Å². The number of fused-ring (bicyclic) bond motifs is 2. The van der Waals surface area contributed by atoms with Gasteiger partial charge in [0.2, 0.25) is 29.5 Å². The predicted molar refractivity (Wildman–Crippen MR) is 205 cm³/mol. The lowest BCUT2D eigenvalue weighted by Crippen LogP contribution is -2.61. The third kappa shape index (κ3) is 11.1. The average molecular weight is 765 g/mol. The number of carboxylic acids is 1. The number of para-hydroxylation sites is 2. The van der Waals surface area contributed by atoms with Crippen LogP contribution in [-0.4, -0.2) is 104 Å². The van der Waals surface area contributed by atoms with Gasteiger partial charge in [-0.3, -0.25) is 28.8 Å². The van der Waals surface area contributed by atoms with Gasteiger partial charge in [0, 0.05) is 52.8 Å². The van der Waals surface area contributed by atoms with Gasteiger partial charge in [0.05, 0.1) is 12.1 Å². The molecule has 0 aliphatic carbocycles. The van der Waals surface area contributed by atoms with Crippen molar-refractivity contribution in [2.75, 3.05) is 12.3 Å². The zero-order valence-corrected chi connectivity index (χ0v) is 31.1. The first-order valence-corrected chi connectivity index (χ1v) is 18.2. The lowest BCUT2D eigenvalue weighted by atomic mass is 9.99. The van der Waals surface area contributed by atoms with Crippen LogP contribution in [-0.2, 0) is 41.6 Å². The summed E-state index contributed by atoms with van der Waals surface area (Å²) < 4.78 is 0. The van der Waals surface area contributed by atoms with Gasteiger partial charge in [-0.2, -0.15) is 12.6 Å². The predicted octanol–water partition coefficient (Wildman–Crippen LogP) is 0.258. The highest BCUT2D eigenvalue weighted by Gasteiger charge is 2.34. The maximum Gasteiger partial charge on any atom is 0.322 e. The third-order valence-electron chi connectivity index (χ3n) is 8.81. The summed E-state index contributed by atoms with van der Waals surface area (Å²) >= 11 is 4.00. The molecule has 0 radical (unpaired) electrons. The number of hydrogen-bond acceptors (Lipinski definition) is 9. The first kappa shape index (κ1) is 41.4. The molecule has 0 aliphatic rings. The number of thiol groups is 1. The van der Waals surface area contributed by atoms with Crippen LogP contribution in [0.4, 0.5) is 0 Å². The second-order valence-corrected chi connectivity index (χ2v) is 13.9. The van der Waals surface area contributed by atoms with E-state index in [1.807, 2.05) is 62.4 Å². The van der Waals surface area contributed by atoms with Crippen molar-refractivity contribution in [1.29, 1.82) is 0 Å². The van der Waals surface area contributed by atoms with Crippen LogP contribution in [0.5, 0.6) is 0 Å². The quantitative estimate of drug-likeness (QED) is 0.0585. The van der Waals surface area contributed by atoms with Crippen LogP contribution >= 0.6 is 12.6 Å². The summed E-state index contributed by atoms with van der Waals surface area (Å²) in [4.78, 5) is 85.2. The molecule has 0 bridgehead atoms. The topological polar surface area (TPSA) is 261 Å². The summed E-state index contributed by atoms with van der Waals surface area (Å²) in [5.41, 5.74) is 8.69. The summed E-state index contributed by atoms with van der Waals surface area (Å²) in [6.45, 7) is 4.27. The lowest BCUT2D eigenvalue weighted by molar-refractivity contribution is -0.138. The number of benzene rings is 2. The molecule has 54 heavy (non-hydrogen) atoms. The molecule has 2 aromatic carbocycles. The van der Waals surface area contributed by atoms with Gasteiger partial charge in [-0.1, -0.05) is 50.2 Å². The van der Waals surface area contributed by atoms with Crippen LogP contribution < -0.4 is 32.3 Å². The maximum atomic E-state index is 14.2. The van der Waals surface area contributed by atoms with Gasteiger partial charge in [0.1, 0.15) is 30.7 Å². The number of amides is 5. The van der Waals surface area contributed by atoms with Crippen molar-refractivity contribution >= 4 is 69.9 Å². The van der Waals surface area contributed by atoms with Gasteiger partial charge in [-0.15, -0.1) is 0 Å². The molecule has 6 atom stereocenters. The molecule has 4 aromatic rings. The molecule has 0 unspecified atom stereocenters. The summed E-state index contributed by atoms with van der Waals surface area (Å²) in [7, 11) is 0. The van der Waals surface area contributed by atoms with Crippen LogP contribution in [0.1, 0.15) is 38.3 Å². The molecule has 17 heteroatoms. The number of H-pyrrole nitrogens is 2. The van der Waals surface area contributed by atoms with Crippen molar-refractivity contribution in [3.63, 3.8) is 0 Å². The van der Waals surface area contributed by atoms with Crippen molar-refractivity contribution < 1.29 is 39.0 Å². The number of aliphatic hydroxyl groups is 1. The van der Waals surface area contributed by atoms with E-state index >= 15 is 0 Å². The highest BCUT2D eigenvalue weighted by Crippen LogP contribution is 2.21. The smallest absolute Gasteiger partial charge is 0.322 e. The summed E-state index contributed by atoms with van der Waals surface area (Å²) in [5, 5.41) is 34.0. The Morgan fingerprint density at radius 3 is 1.67 bits per heavy atom. The third-order valence-corrected chi connectivity index (χ3v) is 9.21. The Balaban J connectivity index is 1.64. The second kappa shape index (κ2) is 19.1. The largest absolute Gasteiger partial charge is 0.480 e. The number of carbonyl (C=O) groups excluding carboxylic acids is 5. The zero-order valence-electron chi connectivity index (χ0n) is 30.2. The summed E-state index contributed by atoms with van der Waals surface area (Å²) in [6, 6.07) is 8.48. The number of carbonyl (C=O) groups is 6. The number of aromatic amines is 2. The lowest BCUT2D eigenvalue weighted by Gasteiger charge is -2.28. The van der Waals surface area contributed by atoms with E-state index in [9.17, 15) is 39.0 Å². The molecule has 2 heterocycles. The molecule has 0 spiro atoms. The minimum absolute atomic E-state index is 0.00961. The fourth-order valence-electron chi connectivity index (χ4n) is 6.00. The highest BCUT2D eigenvalue weighted by molar-refractivity contribution is 7.80. The SMILES string of the molecule is CC(C)C[C@H](NC(=O)[C@@H](NC(=O)[C@@H](N)CS)[C@@H](C)O)C(=O)N[C@@H](Cc1c[nH]c2ccccc12)C(=O)N[C@@H](Cc1c[nH]c2ccccc12)C(=O)NCC(=O)O. The average Bonchev–Trinajstić information content (AvgIpc) is 3.74. The molecule has 290 valence electrons. The normalized spacial score (nSPS) is 14.7. The molecule has 4 rings (SSSR count). The van der Waals surface area contributed by atoms with Crippen LogP contribution in [0.2, 0.25) is 0 Å². The van der Waals surface area contributed by atoms with E-state index in [4.69, 9.17) is 5.73 Å². The van der Waals surface area contributed by atoms with E-state index in [2.05, 4.69) is 49.2 Å². The van der Waals surface area contributed by atoms with E-state index in [0.717, 1.165) is 21.8 Å². The van der Waals surface area contributed by atoms with Crippen LogP contribution in [0.25, 0.3) is 21.8 Å². The van der Waals surface area contributed by atoms with Gasteiger partial charge < -0.3 is 52.5 Å². The number of aliphatic carboxylic acids is 1. The maximum absolute atomic E-state index is 14.2. The van der Waals surface area contributed by atoms with E-state index in [1.165, 1.54) is 6.92 Å².